The number of hydrogen-bond acceptors (Lipinski definition) is 5. The average molecular weight is 469 g/mol. The number of aromatic amines is 1. The van der Waals surface area contributed by atoms with E-state index in [2.05, 4.69) is 10.2 Å². The highest BCUT2D eigenvalue weighted by atomic mass is 35.5. The number of amides is 2. The molecule has 172 valence electrons. The van der Waals surface area contributed by atoms with E-state index in [1.54, 1.807) is 48.3 Å². The molecule has 1 saturated heterocycles. The number of piperazine rings is 1. The number of rotatable bonds is 6. The van der Waals surface area contributed by atoms with E-state index in [0.717, 1.165) is 11.1 Å². The predicted octanol–water partition coefficient (Wildman–Crippen LogP) is 3.27. The minimum absolute atomic E-state index is 0.0147. The normalized spacial score (nSPS) is 13.7. The first-order valence-electron chi connectivity index (χ1n) is 10.6. The van der Waals surface area contributed by atoms with Crippen molar-refractivity contribution in [3.8, 4) is 22.8 Å². The Morgan fingerprint density at radius 3 is 2.27 bits per heavy atom. The summed E-state index contributed by atoms with van der Waals surface area (Å²) >= 11 is 5.93. The first-order chi connectivity index (χ1) is 16.0. The van der Waals surface area contributed by atoms with Gasteiger partial charge >= 0.3 is 0 Å². The van der Waals surface area contributed by atoms with Crippen molar-refractivity contribution in [3.63, 3.8) is 0 Å². The zero-order chi connectivity index (χ0) is 23.4. The molecule has 1 fully saturated rings. The smallest absolute Gasteiger partial charge is 0.272 e. The van der Waals surface area contributed by atoms with Crippen LogP contribution >= 0.6 is 11.6 Å². The van der Waals surface area contributed by atoms with Gasteiger partial charge in [-0.05, 0) is 35.9 Å². The minimum Gasteiger partial charge on any atom is -0.493 e. The van der Waals surface area contributed by atoms with Crippen LogP contribution in [-0.4, -0.2) is 72.2 Å². The molecule has 0 atom stereocenters. The molecule has 0 radical (unpaired) electrons. The topological polar surface area (TPSA) is 87.8 Å². The summed E-state index contributed by atoms with van der Waals surface area (Å²) in [5, 5.41) is 7.72. The lowest BCUT2D eigenvalue weighted by Gasteiger charge is -2.34. The number of nitrogens with one attached hydrogen (secondary N) is 1. The molecule has 33 heavy (non-hydrogen) atoms. The number of carbonyl (C=O) groups is 2. The molecular weight excluding hydrogens is 444 g/mol. The van der Waals surface area contributed by atoms with E-state index in [-0.39, 0.29) is 18.2 Å². The second-order valence-corrected chi connectivity index (χ2v) is 8.15. The van der Waals surface area contributed by atoms with Crippen LogP contribution in [0.3, 0.4) is 0 Å². The Kier molecular flexibility index (Phi) is 6.84. The van der Waals surface area contributed by atoms with E-state index in [1.165, 1.54) is 0 Å². The molecule has 0 unspecified atom stereocenters. The maximum Gasteiger partial charge on any atom is 0.272 e. The second kappa shape index (κ2) is 9.95. The Hall–Kier alpha value is -3.52. The van der Waals surface area contributed by atoms with Crippen LogP contribution in [0, 0.1) is 0 Å². The Morgan fingerprint density at radius 1 is 0.939 bits per heavy atom. The lowest BCUT2D eigenvalue weighted by Crippen LogP contribution is -2.51. The molecule has 2 aromatic carbocycles. The molecule has 4 rings (SSSR count). The molecule has 2 amide bonds. The van der Waals surface area contributed by atoms with E-state index >= 15 is 0 Å². The zero-order valence-corrected chi connectivity index (χ0v) is 19.3. The van der Waals surface area contributed by atoms with Gasteiger partial charge in [-0.15, -0.1) is 0 Å². The summed E-state index contributed by atoms with van der Waals surface area (Å²) in [7, 11) is 3.14. The number of methoxy groups -OCH3 is 2. The van der Waals surface area contributed by atoms with Crippen molar-refractivity contribution in [2.45, 2.75) is 6.42 Å². The Bertz CT molecular complexity index is 1140. The summed E-state index contributed by atoms with van der Waals surface area (Å²) < 4.78 is 10.6. The van der Waals surface area contributed by atoms with E-state index < -0.39 is 0 Å². The van der Waals surface area contributed by atoms with Crippen molar-refractivity contribution in [1.29, 1.82) is 0 Å². The van der Waals surface area contributed by atoms with Gasteiger partial charge in [0.05, 0.1) is 26.3 Å². The number of carbonyl (C=O) groups excluding carboxylic acids is 2. The van der Waals surface area contributed by atoms with Crippen LogP contribution in [-0.2, 0) is 11.2 Å². The van der Waals surface area contributed by atoms with Crippen molar-refractivity contribution in [2.24, 2.45) is 0 Å². The quantitative estimate of drug-likeness (QED) is 0.600. The van der Waals surface area contributed by atoms with E-state index in [4.69, 9.17) is 21.1 Å². The molecule has 0 spiro atoms. The fourth-order valence-corrected chi connectivity index (χ4v) is 3.93. The number of halogens is 1. The number of ether oxygens (including phenoxy) is 2. The highest BCUT2D eigenvalue weighted by molar-refractivity contribution is 6.30. The Labute approximate surface area is 197 Å². The van der Waals surface area contributed by atoms with Crippen LogP contribution in [0.1, 0.15) is 16.1 Å². The van der Waals surface area contributed by atoms with E-state index in [0.29, 0.717) is 54.1 Å². The molecule has 3 aromatic rings. The van der Waals surface area contributed by atoms with Crippen molar-refractivity contribution in [2.75, 3.05) is 40.4 Å². The molecule has 1 aromatic heterocycles. The van der Waals surface area contributed by atoms with Crippen LogP contribution in [0.2, 0.25) is 5.02 Å². The predicted molar refractivity (Wildman–Crippen MR) is 125 cm³/mol. The third-order valence-corrected chi connectivity index (χ3v) is 5.92. The van der Waals surface area contributed by atoms with Gasteiger partial charge in [0.25, 0.3) is 5.91 Å². The SMILES string of the molecule is COc1ccc(CC(=O)N2CCN(C(=O)c3cc(-c4ccc(Cl)cc4)n[nH]3)CC2)cc1OC. The Morgan fingerprint density at radius 2 is 1.61 bits per heavy atom. The molecule has 2 heterocycles. The van der Waals surface area contributed by atoms with Gasteiger partial charge in [-0.1, -0.05) is 29.8 Å². The van der Waals surface area contributed by atoms with Gasteiger partial charge in [0.15, 0.2) is 11.5 Å². The van der Waals surface area contributed by atoms with Gasteiger partial charge in [-0.25, -0.2) is 0 Å². The van der Waals surface area contributed by atoms with Gasteiger partial charge in [0, 0.05) is 36.8 Å². The molecule has 1 N–H and O–H groups in total. The molecule has 0 saturated carbocycles. The lowest BCUT2D eigenvalue weighted by molar-refractivity contribution is -0.131. The molecule has 9 heteroatoms. The lowest BCUT2D eigenvalue weighted by atomic mass is 10.1. The van der Waals surface area contributed by atoms with Gasteiger partial charge in [0.2, 0.25) is 5.91 Å². The van der Waals surface area contributed by atoms with Crippen LogP contribution in [0.25, 0.3) is 11.3 Å². The highest BCUT2D eigenvalue weighted by Gasteiger charge is 2.26. The number of hydrogen-bond donors (Lipinski definition) is 1. The summed E-state index contributed by atoms with van der Waals surface area (Å²) in [4.78, 5) is 29.2. The first kappa shape index (κ1) is 22.7. The van der Waals surface area contributed by atoms with Crippen LogP contribution in [0.5, 0.6) is 11.5 Å². The highest BCUT2D eigenvalue weighted by Crippen LogP contribution is 2.28. The largest absolute Gasteiger partial charge is 0.493 e. The molecule has 0 bridgehead atoms. The maximum absolute atomic E-state index is 12.9. The summed E-state index contributed by atoms with van der Waals surface area (Å²) in [5.74, 6) is 1.10. The third kappa shape index (κ3) is 5.12. The van der Waals surface area contributed by atoms with Crippen LogP contribution < -0.4 is 9.47 Å². The second-order valence-electron chi connectivity index (χ2n) is 7.71. The van der Waals surface area contributed by atoms with Gasteiger partial charge in [-0.3, -0.25) is 14.7 Å². The van der Waals surface area contributed by atoms with Gasteiger partial charge in [-0.2, -0.15) is 5.10 Å². The fraction of sp³-hybridized carbons (Fsp3) is 0.292. The number of nitrogens with zero attached hydrogens (tertiary/aromatic N) is 3. The van der Waals surface area contributed by atoms with Crippen LogP contribution in [0.15, 0.2) is 48.5 Å². The molecule has 1 aliphatic heterocycles. The molecular formula is C24H25ClN4O4. The molecule has 8 nitrogen and oxygen atoms in total. The van der Waals surface area contributed by atoms with Crippen molar-refractivity contribution >= 4 is 23.4 Å². The third-order valence-electron chi connectivity index (χ3n) is 5.67. The minimum atomic E-state index is -0.130. The van der Waals surface area contributed by atoms with E-state index in [1.807, 2.05) is 24.3 Å². The zero-order valence-electron chi connectivity index (χ0n) is 18.5. The van der Waals surface area contributed by atoms with Crippen molar-refractivity contribution in [3.05, 3.63) is 64.8 Å². The van der Waals surface area contributed by atoms with E-state index in [9.17, 15) is 9.59 Å². The standard InChI is InChI=1S/C24H25ClN4O4/c1-32-21-8-3-16(13-22(21)33-2)14-23(30)28-9-11-29(12-10-28)24(31)20-15-19(26-27-20)17-4-6-18(25)7-5-17/h3-8,13,15H,9-12,14H2,1-2H3,(H,26,27). The van der Waals surface area contributed by atoms with Gasteiger partial charge < -0.3 is 19.3 Å². The average Bonchev–Trinajstić information content (AvgIpc) is 3.34. The number of aromatic nitrogens is 2. The first-order valence-corrected chi connectivity index (χ1v) is 11.0. The molecule has 0 aliphatic carbocycles. The summed E-state index contributed by atoms with van der Waals surface area (Å²) in [5.41, 5.74) is 2.83. The number of benzene rings is 2. The Balaban J connectivity index is 1.33. The summed E-state index contributed by atoms with van der Waals surface area (Å²) in [6.07, 6.45) is 0.263. The maximum atomic E-state index is 12.9. The fourth-order valence-electron chi connectivity index (χ4n) is 3.81. The van der Waals surface area contributed by atoms with Gasteiger partial charge in [0.1, 0.15) is 5.69 Å². The van der Waals surface area contributed by atoms with Crippen molar-refractivity contribution in [1.82, 2.24) is 20.0 Å². The van der Waals surface area contributed by atoms with Crippen LogP contribution in [0.4, 0.5) is 0 Å². The molecule has 1 aliphatic rings. The summed E-state index contributed by atoms with van der Waals surface area (Å²) in [6.45, 7) is 1.89. The van der Waals surface area contributed by atoms with Crippen molar-refractivity contribution < 1.29 is 19.1 Å². The number of H-pyrrole nitrogens is 1. The summed E-state index contributed by atoms with van der Waals surface area (Å²) in [6, 6.07) is 14.5. The monoisotopic (exact) mass is 468 g/mol.